The fourth-order valence-corrected chi connectivity index (χ4v) is 0.875. The lowest BCUT2D eigenvalue weighted by Gasteiger charge is -2.18. The van der Waals surface area contributed by atoms with Gasteiger partial charge in [0.1, 0.15) is 0 Å². The van der Waals surface area contributed by atoms with Crippen molar-refractivity contribution in [1.82, 2.24) is 10.4 Å². The summed E-state index contributed by atoms with van der Waals surface area (Å²) in [5, 5.41) is 2.24. The maximum absolute atomic E-state index is 3.14. The number of nitrogens with zero attached hydrogens (tertiary/aromatic N) is 1. The van der Waals surface area contributed by atoms with Crippen LogP contribution >= 0.6 is 0 Å². The third kappa shape index (κ3) is 9.92. The molecule has 0 aliphatic rings. The van der Waals surface area contributed by atoms with Gasteiger partial charge in [-0.3, -0.25) is 5.43 Å². The van der Waals surface area contributed by atoms with Crippen molar-refractivity contribution in [2.24, 2.45) is 0 Å². The molecule has 70 valence electrons. The largest absolute Gasteiger partial charge is 0.258 e. The van der Waals surface area contributed by atoms with Crippen LogP contribution in [0.15, 0.2) is 0 Å². The molecular weight excluding hydrogens is 136 g/mol. The summed E-state index contributed by atoms with van der Waals surface area (Å²) in [6.45, 7) is 10.7. The molecular formula is C9H24N2. The second-order valence-corrected chi connectivity index (χ2v) is 2.21. The molecule has 0 rings (SSSR count). The van der Waals surface area contributed by atoms with Crippen molar-refractivity contribution >= 4 is 0 Å². The number of nitrogens with one attached hydrogen (secondary N) is 1. The second kappa shape index (κ2) is 12.6. The molecule has 0 bridgehead atoms. The Morgan fingerprint density at radius 2 is 1.36 bits per heavy atom. The highest BCUT2D eigenvalue weighted by molar-refractivity contribution is 4.45. The van der Waals surface area contributed by atoms with E-state index in [1.54, 1.807) is 0 Å². The topological polar surface area (TPSA) is 15.3 Å². The monoisotopic (exact) mass is 160 g/mol. The number of hydrazine groups is 1. The Hall–Kier alpha value is -0.0800. The first-order valence-corrected chi connectivity index (χ1v) is 4.77. The van der Waals surface area contributed by atoms with E-state index in [4.69, 9.17) is 0 Å². The van der Waals surface area contributed by atoms with Crippen molar-refractivity contribution in [3.8, 4) is 0 Å². The minimum absolute atomic E-state index is 1.16. The van der Waals surface area contributed by atoms with Crippen LogP contribution in [0.25, 0.3) is 0 Å². The number of hydrogen-bond donors (Lipinski definition) is 1. The minimum Gasteiger partial charge on any atom is -0.258 e. The summed E-state index contributed by atoms with van der Waals surface area (Å²) in [5.41, 5.74) is 3.14. The molecule has 2 heteroatoms. The van der Waals surface area contributed by atoms with Crippen molar-refractivity contribution in [3.05, 3.63) is 0 Å². The Balaban J connectivity index is 0. The zero-order chi connectivity index (χ0) is 9.11. The fraction of sp³-hybridized carbons (Fsp3) is 1.00. The van der Waals surface area contributed by atoms with Gasteiger partial charge in [-0.25, -0.2) is 5.01 Å². The predicted molar refractivity (Wildman–Crippen MR) is 52.6 cm³/mol. The number of rotatable bonds is 5. The molecule has 0 radical (unpaired) electrons. The molecule has 0 unspecified atom stereocenters. The van der Waals surface area contributed by atoms with E-state index in [9.17, 15) is 0 Å². The van der Waals surface area contributed by atoms with Crippen LogP contribution in [-0.4, -0.2) is 25.1 Å². The summed E-state index contributed by atoms with van der Waals surface area (Å²) in [7, 11) is 1.98. The highest BCUT2D eigenvalue weighted by Crippen LogP contribution is 1.86. The quantitative estimate of drug-likeness (QED) is 0.621. The zero-order valence-electron chi connectivity index (χ0n) is 8.78. The van der Waals surface area contributed by atoms with Gasteiger partial charge >= 0.3 is 0 Å². The Morgan fingerprint density at radius 3 is 1.55 bits per heavy atom. The zero-order valence-corrected chi connectivity index (χ0v) is 8.78. The van der Waals surface area contributed by atoms with E-state index >= 15 is 0 Å². The van der Waals surface area contributed by atoms with Crippen molar-refractivity contribution in [2.45, 2.75) is 40.5 Å². The van der Waals surface area contributed by atoms with E-state index in [2.05, 4.69) is 24.3 Å². The molecule has 0 amide bonds. The van der Waals surface area contributed by atoms with Crippen molar-refractivity contribution < 1.29 is 0 Å². The SMILES string of the molecule is CC.CCCN(CCC)NC. The average molecular weight is 160 g/mol. The van der Waals surface area contributed by atoms with Gasteiger partial charge in [0.15, 0.2) is 0 Å². The molecule has 0 spiro atoms. The predicted octanol–water partition coefficient (Wildman–Crippen LogP) is 2.27. The van der Waals surface area contributed by atoms with Crippen LogP contribution < -0.4 is 5.43 Å². The summed E-state index contributed by atoms with van der Waals surface area (Å²) in [4.78, 5) is 0. The third-order valence-corrected chi connectivity index (χ3v) is 1.30. The Morgan fingerprint density at radius 1 is 1.00 bits per heavy atom. The average Bonchev–Trinajstić information content (AvgIpc) is 2.08. The molecule has 0 aromatic rings. The van der Waals surface area contributed by atoms with Gasteiger partial charge < -0.3 is 0 Å². The maximum Gasteiger partial charge on any atom is 0.0128 e. The van der Waals surface area contributed by atoms with E-state index in [0.29, 0.717) is 0 Å². The normalized spacial score (nSPS) is 9.27. The first kappa shape index (κ1) is 13.5. The van der Waals surface area contributed by atoms with E-state index in [1.807, 2.05) is 20.9 Å². The highest BCUT2D eigenvalue weighted by Gasteiger charge is 1.95. The molecule has 0 aliphatic carbocycles. The van der Waals surface area contributed by atoms with Gasteiger partial charge in [0.2, 0.25) is 0 Å². The fourth-order valence-electron chi connectivity index (χ4n) is 0.875. The molecule has 0 aliphatic heterocycles. The van der Waals surface area contributed by atoms with Gasteiger partial charge in [0, 0.05) is 13.1 Å². The van der Waals surface area contributed by atoms with Gasteiger partial charge in [-0.2, -0.15) is 0 Å². The third-order valence-electron chi connectivity index (χ3n) is 1.30. The van der Waals surface area contributed by atoms with Crippen molar-refractivity contribution in [2.75, 3.05) is 20.1 Å². The molecule has 11 heavy (non-hydrogen) atoms. The lowest BCUT2D eigenvalue weighted by atomic mass is 10.4. The molecule has 0 aromatic carbocycles. The van der Waals surface area contributed by atoms with Crippen molar-refractivity contribution in [1.29, 1.82) is 0 Å². The van der Waals surface area contributed by atoms with Gasteiger partial charge in [0.05, 0.1) is 0 Å². The van der Waals surface area contributed by atoms with Crippen LogP contribution in [0.2, 0.25) is 0 Å². The Kier molecular flexibility index (Phi) is 15.4. The van der Waals surface area contributed by atoms with Crippen LogP contribution in [0.1, 0.15) is 40.5 Å². The molecule has 0 saturated carbocycles. The van der Waals surface area contributed by atoms with Gasteiger partial charge in [-0.1, -0.05) is 27.7 Å². The van der Waals surface area contributed by atoms with E-state index in [0.717, 1.165) is 13.1 Å². The van der Waals surface area contributed by atoms with E-state index in [1.165, 1.54) is 12.8 Å². The molecule has 0 aromatic heterocycles. The lowest BCUT2D eigenvalue weighted by molar-refractivity contribution is 0.208. The van der Waals surface area contributed by atoms with Crippen molar-refractivity contribution in [3.63, 3.8) is 0 Å². The molecule has 0 heterocycles. The van der Waals surface area contributed by atoms with Crippen LogP contribution in [-0.2, 0) is 0 Å². The highest BCUT2D eigenvalue weighted by atomic mass is 15.5. The smallest absolute Gasteiger partial charge is 0.0128 e. The maximum atomic E-state index is 3.14. The van der Waals surface area contributed by atoms with Crippen LogP contribution in [0.5, 0.6) is 0 Å². The summed E-state index contributed by atoms with van der Waals surface area (Å²) in [5.74, 6) is 0. The van der Waals surface area contributed by atoms with Gasteiger partial charge in [0.25, 0.3) is 0 Å². The van der Waals surface area contributed by atoms with E-state index < -0.39 is 0 Å². The Labute approximate surface area is 71.9 Å². The summed E-state index contributed by atoms with van der Waals surface area (Å²) in [6.07, 6.45) is 2.45. The molecule has 2 nitrogen and oxygen atoms in total. The molecule has 1 N–H and O–H groups in total. The van der Waals surface area contributed by atoms with Crippen LogP contribution in [0.4, 0.5) is 0 Å². The summed E-state index contributed by atoms with van der Waals surface area (Å²) < 4.78 is 0. The second-order valence-electron chi connectivity index (χ2n) is 2.21. The lowest BCUT2D eigenvalue weighted by Crippen LogP contribution is -2.36. The van der Waals surface area contributed by atoms with E-state index in [-0.39, 0.29) is 0 Å². The van der Waals surface area contributed by atoms with Gasteiger partial charge in [-0.15, -0.1) is 0 Å². The Bertz CT molecular complexity index is 49.5. The van der Waals surface area contributed by atoms with Crippen LogP contribution in [0.3, 0.4) is 0 Å². The number of hydrogen-bond acceptors (Lipinski definition) is 2. The standard InChI is InChI=1S/C7H18N2.C2H6/c1-4-6-9(8-3)7-5-2;1-2/h8H,4-7H2,1-3H3;1-2H3. The first-order chi connectivity index (χ1) is 5.35. The summed E-state index contributed by atoms with van der Waals surface area (Å²) in [6, 6.07) is 0. The summed E-state index contributed by atoms with van der Waals surface area (Å²) >= 11 is 0. The van der Waals surface area contributed by atoms with Crippen LogP contribution in [0, 0.1) is 0 Å². The van der Waals surface area contributed by atoms with Gasteiger partial charge in [-0.05, 0) is 19.9 Å². The minimum atomic E-state index is 1.16. The molecule has 0 fully saturated rings. The molecule has 0 saturated heterocycles. The first-order valence-electron chi connectivity index (χ1n) is 4.77. The molecule has 0 atom stereocenters.